The lowest BCUT2D eigenvalue weighted by atomic mass is 9.98. The van der Waals surface area contributed by atoms with Crippen molar-refractivity contribution in [3.8, 4) is 40.1 Å². The van der Waals surface area contributed by atoms with Crippen LogP contribution in [0.25, 0.3) is 22.3 Å². The molecule has 2 aliphatic heterocycles. The number of esters is 1. The van der Waals surface area contributed by atoms with E-state index < -0.39 is 119 Å². The topological polar surface area (TPSA) is 275 Å². The first kappa shape index (κ1) is 33.2. The van der Waals surface area contributed by atoms with Gasteiger partial charge in [-0.25, -0.2) is 0 Å². The largest absolute Gasteiger partial charge is 0.508 e. The van der Waals surface area contributed by atoms with Crippen LogP contribution in [-0.4, -0.2) is 120 Å². The Labute approximate surface area is 258 Å². The van der Waals surface area contributed by atoms with Crippen LogP contribution in [0, 0.1) is 0 Å². The number of rotatable bonds is 7. The Morgan fingerprint density at radius 3 is 2.22 bits per heavy atom. The van der Waals surface area contributed by atoms with Gasteiger partial charge in [0.25, 0.3) is 0 Å². The summed E-state index contributed by atoms with van der Waals surface area (Å²) >= 11 is 0. The highest BCUT2D eigenvalue weighted by Gasteiger charge is 2.50. The second-order valence-electron chi connectivity index (χ2n) is 10.9. The van der Waals surface area contributed by atoms with E-state index >= 15 is 0 Å². The van der Waals surface area contributed by atoms with Gasteiger partial charge in [-0.2, -0.15) is 0 Å². The maximum absolute atomic E-state index is 13.8. The van der Waals surface area contributed by atoms with Gasteiger partial charge in [0.1, 0.15) is 59.1 Å². The number of phenolic OH excluding ortho intramolecular Hbond substituents is 4. The number of carbonyl (C=O) groups excluding carboxylic acids is 1. The predicted molar refractivity (Wildman–Crippen MR) is 150 cm³/mol. The van der Waals surface area contributed by atoms with E-state index in [9.17, 15) is 55.5 Å². The average Bonchev–Trinajstić information content (AvgIpc) is 2.99. The number of aliphatic hydroxyl groups excluding tert-OH is 5. The molecule has 0 amide bonds. The summed E-state index contributed by atoms with van der Waals surface area (Å²) in [7, 11) is 0. The number of aliphatic hydroxyl groups is 5. The maximum Gasteiger partial charge on any atom is 0.303 e. The van der Waals surface area contributed by atoms with Crippen LogP contribution in [0.5, 0.6) is 28.7 Å². The molecule has 9 N–H and O–H groups in total. The molecule has 0 radical (unpaired) electrons. The fourth-order valence-electron chi connectivity index (χ4n) is 5.14. The zero-order chi connectivity index (χ0) is 33.6. The van der Waals surface area contributed by atoms with Crippen molar-refractivity contribution in [3.05, 3.63) is 40.6 Å². The summed E-state index contributed by atoms with van der Waals surface area (Å²) < 4.78 is 33.4. The van der Waals surface area contributed by atoms with E-state index in [0.29, 0.717) is 0 Å². The first-order valence-electron chi connectivity index (χ1n) is 13.9. The molecule has 2 fully saturated rings. The summed E-state index contributed by atoms with van der Waals surface area (Å²) in [4.78, 5) is 25.7. The third kappa shape index (κ3) is 6.26. The summed E-state index contributed by atoms with van der Waals surface area (Å²) in [6.07, 6.45) is -16.1. The van der Waals surface area contributed by atoms with E-state index in [-0.39, 0.29) is 11.1 Å². The van der Waals surface area contributed by atoms with Crippen LogP contribution in [-0.2, 0) is 23.7 Å². The molecule has 10 atom stereocenters. The molecule has 0 bridgehead atoms. The minimum atomic E-state index is -1.92. The Balaban J connectivity index is 1.53. The minimum absolute atomic E-state index is 0.0502. The third-order valence-electron chi connectivity index (χ3n) is 7.57. The van der Waals surface area contributed by atoms with Crippen molar-refractivity contribution < 1.29 is 78.9 Å². The lowest BCUT2D eigenvalue weighted by molar-refractivity contribution is -0.319. The number of phenols is 4. The Kier molecular flexibility index (Phi) is 9.30. The molecule has 0 spiro atoms. The van der Waals surface area contributed by atoms with Crippen LogP contribution in [0.3, 0.4) is 0 Å². The number of fused-ring (bicyclic) bond motifs is 1. The van der Waals surface area contributed by atoms with Crippen molar-refractivity contribution in [1.82, 2.24) is 0 Å². The van der Waals surface area contributed by atoms with Gasteiger partial charge in [0.2, 0.25) is 17.5 Å². The van der Waals surface area contributed by atoms with Crippen LogP contribution < -0.4 is 10.2 Å². The van der Waals surface area contributed by atoms with Crippen LogP contribution in [0.2, 0.25) is 0 Å². The van der Waals surface area contributed by atoms with Crippen LogP contribution in [0.1, 0.15) is 13.8 Å². The highest BCUT2D eigenvalue weighted by molar-refractivity contribution is 5.88. The van der Waals surface area contributed by atoms with Crippen molar-refractivity contribution >= 4 is 16.9 Å². The van der Waals surface area contributed by atoms with Gasteiger partial charge in [-0.15, -0.1) is 0 Å². The van der Waals surface area contributed by atoms with Crippen molar-refractivity contribution in [2.45, 2.75) is 75.3 Å². The van der Waals surface area contributed by atoms with Crippen molar-refractivity contribution in [3.63, 3.8) is 0 Å². The van der Waals surface area contributed by atoms with Crippen LogP contribution >= 0.6 is 0 Å². The second-order valence-corrected chi connectivity index (χ2v) is 10.9. The molecule has 3 aromatic rings. The van der Waals surface area contributed by atoms with E-state index in [1.165, 1.54) is 13.0 Å². The number of ether oxygens (including phenoxy) is 5. The summed E-state index contributed by atoms with van der Waals surface area (Å²) in [5, 5.41) is 91.9. The summed E-state index contributed by atoms with van der Waals surface area (Å²) in [6, 6.07) is 5.20. The Hall–Kier alpha value is -4.20. The molecular weight excluding hydrogens is 620 g/mol. The maximum atomic E-state index is 13.8. The zero-order valence-corrected chi connectivity index (χ0v) is 24.2. The molecule has 2 aromatic carbocycles. The van der Waals surface area contributed by atoms with Crippen molar-refractivity contribution in [1.29, 1.82) is 0 Å². The van der Waals surface area contributed by atoms with Crippen LogP contribution in [0.4, 0.5) is 0 Å². The van der Waals surface area contributed by atoms with Gasteiger partial charge in [0, 0.05) is 24.6 Å². The third-order valence-corrected chi connectivity index (χ3v) is 7.57. The van der Waals surface area contributed by atoms with Gasteiger partial charge in [-0.05, 0) is 25.1 Å². The number of benzene rings is 2. The van der Waals surface area contributed by atoms with Gasteiger partial charge >= 0.3 is 5.97 Å². The van der Waals surface area contributed by atoms with Gasteiger partial charge in [-0.3, -0.25) is 9.59 Å². The van der Waals surface area contributed by atoms with Gasteiger partial charge in [-0.1, -0.05) is 0 Å². The zero-order valence-electron chi connectivity index (χ0n) is 24.2. The van der Waals surface area contributed by atoms with E-state index in [1.54, 1.807) is 0 Å². The molecule has 2 aliphatic rings. The van der Waals surface area contributed by atoms with E-state index in [4.69, 9.17) is 28.1 Å². The van der Waals surface area contributed by atoms with E-state index in [0.717, 1.165) is 31.2 Å². The highest BCUT2D eigenvalue weighted by atomic mass is 16.7. The Morgan fingerprint density at radius 1 is 0.826 bits per heavy atom. The smallest absolute Gasteiger partial charge is 0.303 e. The van der Waals surface area contributed by atoms with Crippen LogP contribution in [0.15, 0.2) is 39.5 Å². The molecule has 250 valence electrons. The van der Waals surface area contributed by atoms with Crippen molar-refractivity contribution in [2.24, 2.45) is 0 Å². The molecule has 0 saturated carbocycles. The first-order chi connectivity index (χ1) is 21.7. The molecule has 0 unspecified atom stereocenters. The molecule has 46 heavy (non-hydrogen) atoms. The minimum Gasteiger partial charge on any atom is -0.508 e. The fourth-order valence-corrected chi connectivity index (χ4v) is 5.14. The summed E-state index contributed by atoms with van der Waals surface area (Å²) in [6.45, 7) is 1.78. The quantitative estimate of drug-likeness (QED) is 0.108. The molecule has 0 aliphatic carbocycles. The molecule has 3 heterocycles. The molecule has 17 heteroatoms. The molecule has 2 saturated heterocycles. The summed E-state index contributed by atoms with van der Waals surface area (Å²) in [5.74, 6) is -4.37. The number of carbonyl (C=O) groups is 1. The standard InChI is InChI=1S/C29H32O17/c1-9-19(35)22(38)24(40)28(42-9)41-8-17-20(36)23(39)27(43-10(2)30)29(45-17)46-26-21(37)18-15(34)6-12(31)7-16(18)44-25(26)11-3-4-13(32)14(33)5-11/h3-7,9,17,19-20,22-24,27-29,31-36,38-40H,8H2,1-2H3/t9-,17+,19-,20+,22-,23+,24+,27+,28+,29-/m0/s1. The molecule has 17 nitrogen and oxygen atoms in total. The SMILES string of the molecule is CC(=O)O[C@H]1[C@H](Oc2c(-c3ccc(O)c(O)c3)oc3cc(O)cc(O)c3c2=O)O[C@H](CO[C@@H]2O[C@@H](C)[C@H](O)[C@H](O)[C@H]2O)[C@@H](O)[C@H]1O. The Bertz CT molecular complexity index is 1650. The van der Waals surface area contributed by atoms with Gasteiger partial charge < -0.3 is 74.1 Å². The fraction of sp³-hybridized carbons (Fsp3) is 0.448. The molecule has 1 aromatic heterocycles. The lowest BCUT2D eigenvalue weighted by Gasteiger charge is -2.43. The van der Waals surface area contributed by atoms with Crippen molar-refractivity contribution in [2.75, 3.05) is 6.61 Å². The molecule has 5 rings (SSSR count). The highest BCUT2D eigenvalue weighted by Crippen LogP contribution is 2.39. The number of aromatic hydroxyl groups is 4. The van der Waals surface area contributed by atoms with E-state index in [2.05, 4.69) is 0 Å². The molecular formula is C29H32O17. The number of hydrogen-bond acceptors (Lipinski definition) is 17. The predicted octanol–water partition coefficient (Wildman–Crippen LogP) is -1.12. The Morgan fingerprint density at radius 2 is 1.54 bits per heavy atom. The normalized spacial score (nSPS) is 31.5. The first-order valence-corrected chi connectivity index (χ1v) is 13.9. The van der Waals surface area contributed by atoms with Gasteiger partial charge in [0.15, 0.2) is 29.7 Å². The monoisotopic (exact) mass is 652 g/mol. The van der Waals surface area contributed by atoms with Gasteiger partial charge in [0.05, 0.1) is 12.7 Å². The number of hydrogen-bond donors (Lipinski definition) is 9. The lowest BCUT2D eigenvalue weighted by Crippen LogP contribution is -2.62. The second kappa shape index (κ2) is 12.9. The summed E-state index contributed by atoms with van der Waals surface area (Å²) in [5.41, 5.74) is -1.40. The van der Waals surface area contributed by atoms with E-state index in [1.807, 2.05) is 0 Å². The average molecular weight is 653 g/mol.